The molecule has 8 heteroatoms. The van der Waals surface area contributed by atoms with Gasteiger partial charge in [0.05, 0.1) is 5.02 Å². The van der Waals surface area contributed by atoms with Crippen LogP contribution in [0.2, 0.25) is 5.02 Å². The lowest BCUT2D eigenvalue weighted by atomic mass is 10.0. The average Bonchev–Trinajstić information content (AvgIpc) is 2.38. The van der Waals surface area contributed by atoms with Gasteiger partial charge in [0.1, 0.15) is 5.75 Å². The first kappa shape index (κ1) is 16.2. The summed E-state index contributed by atoms with van der Waals surface area (Å²) >= 11 is 5.92. The second-order valence-corrected chi connectivity index (χ2v) is 4.37. The number of ether oxygens (including phenoxy) is 1. The molecule has 0 spiro atoms. The summed E-state index contributed by atoms with van der Waals surface area (Å²) < 4.78 is 28.9. The topological polar surface area (TPSA) is 84.0 Å². The van der Waals surface area contributed by atoms with Crippen LogP contribution in [0, 0.1) is 0 Å². The number of hydrogen-bond acceptors (Lipinski definition) is 3. The van der Waals surface area contributed by atoms with Crippen molar-refractivity contribution < 1.29 is 13.5 Å². The van der Waals surface area contributed by atoms with Gasteiger partial charge in [-0.05, 0) is 23.6 Å². The van der Waals surface area contributed by atoms with Gasteiger partial charge in [0.15, 0.2) is 0 Å². The molecule has 0 atom stereocenters. The Labute approximate surface area is 119 Å². The molecule has 20 heavy (non-hydrogen) atoms. The molecule has 108 valence electrons. The van der Waals surface area contributed by atoms with Gasteiger partial charge in [0, 0.05) is 23.6 Å². The zero-order valence-corrected chi connectivity index (χ0v) is 11.3. The van der Waals surface area contributed by atoms with E-state index in [0.29, 0.717) is 17.6 Å². The summed E-state index contributed by atoms with van der Waals surface area (Å²) in [5.41, 5.74) is 15.5. The quantitative estimate of drug-likeness (QED) is 0.359. The molecule has 0 bridgehead atoms. The molecule has 0 aromatic heterocycles. The number of hydrogen-bond donors (Lipinski definition) is 1. The molecule has 0 amide bonds. The van der Waals surface area contributed by atoms with Crippen molar-refractivity contribution in [3.63, 3.8) is 0 Å². The van der Waals surface area contributed by atoms with Crippen LogP contribution in [0.3, 0.4) is 0 Å². The Morgan fingerprint density at radius 1 is 1.55 bits per heavy atom. The Hall–Kier alpha value is -1.82. The molecule has 2 N–H and O–H groups in total. The van der Waals surface area contributed by atoms with Crippen molar-refractivity contribution in [3.05, 3.63) is 50.9 Å². The van der Waals surface area contributed by atoms with Crippen molar-refractivity contribution in [3.8, 4) is 5.75 Å². The third-order valence-corrected chi connectivity index (χ3v) is 2.70. The lowest BCUT2D eigenvalue weighted by Gasteiger charge is -2.14. The van der Waals surface area contributed by atoms with Crippen LogP contribution in [0.1, 0.15) is 11.1 Å². The van der Waals surface area contributed by atoms with Crippen LogP contribution in [0.25, 0.3) is 10.4 Å². The monoisotopic (exact) mass is 302 g/mol. The number of rotatable bonds is 7. The Kier molecular flexibility index (Phi) is 6.24. The van der Waals surface area contributed by atoms with Crippen LogP contribution in [-0.2, 0) is 13.0 Å². The van der Waals surface area contributed by atoms with Crippen LogP contribution in [0.5, 0.6) is 5.75 Å². The molecule has 0 saturated carbocycles. The van der Waals surface area contributed by atoms with Gasteiger partial charge in [-0.25, -0.2) is 0 Å². The van der Waals surface area contributed by atoms with Crippen molar-refractivity contribution in [2.75, 3.05) is 6.54 Å². The Bertz CT molecular complexity index is 545. The van der Waals surface area contributed by atoms with E-state index in [0.717, 1.165) is 5.56 Å². The zero-order valence-electron chi connectivity index (χ0n) is 10.5. The van der Waals surface area contributed by atoms with E-state index < -0.39 is 6.61 Å². The first-order chi connectivity index (χ1) is 9.47. The first-order valence-electron chi connectivity index (χ1n) is 5.61. The maximum atomic E-state index is 12.3. The van der Waals surface area contributed by atoms with E-state index in [2.05, 4.69) is 21.3 Å². The normalized spacial score (nSPS) is 10.2. The van der Waals surface area contributed by atoms with Gasteiger partial charge in [-0.2, -0.15) is 8.78 Å². The SMILES string of the molecule is C=C(CN=[N+]=[N-])Cc1cc(Cl)c(OC(F)F)c(CN)c1. The minimum absolute atomic E-state index is 0.0123. The number of halogens is 3. The minimum Gasteiger partial charge on any atom is -0.433 e. The standard InChI is InChI=1S/C12H13ClF2N4O/c1-7(6-18-19-17)2-8-3-9(5-16)11(10(13)4-8)20-12(14)15/h3-4,12H,1-2,5-6,16H2. The van der Waals surface area contributed by atoms with E-state index in [9.17, 15) is 8.78 Å². The lowest BCUT2D eigenvalue weighted by Crippen LogP contribution is -2.08. The minimum atomic E-state index is -2.97. The highest BCUT2D eigenvalue weighted by Crippen LogP contribution is 2.32. The Morgan fingerprint density at radius 2 is 2.25 bits per heavy atom. The van der Waals surface area contributed by atoms with E-state index in [4.69, 9.17) is 22.9 Å². The molecule has 0 heterocycles. The fraction of sp³-hybridized carbons (Fsp3) is 0.333. The second kappa shape index (κ2) is 7.69. The van der Waals surface area contributed by atoms with Crippen molar-refractivity contribution in [2.45, 2.75) is 19.6 Å². The van der Waals surface area contributed by atoms with E-state index >= 15 is 0 Å². The van der Waals surface area contributed by atoms with Crippen LogP contribution >= 0.6 is 11.6 Å². The number of azide groups is 1. The molecule has 1 aromatic carbocycles. The van der Waals surface area contributed by atoms with Crippen LogP contribution in [0.4, 0.5) is 8.78 Å². The van der Waals surface area contributed by atoms with Crippen LogP contribution in [-0.4, -0.2) is 13.2 Å². The molecular formula is C12H13ClF2N4O. The van der Waals surface area contributed by atoms with E-state index in [1.54, 1.807) is 6.07 Å². The molecule has 1 aromatic rings. The van der Waals surface area contributed by atoms with Crippen molar-refractivity contribution in [2.24, 2.45) is 10.8 Å². The highest BCUT2D eigenvalue weighted by molar-refractivity contribution is 6.32. The van der Waals surface area contributed by atoms with Gasteiger partial charge in [-0.15, -0.1) is 0 Å². The van der Waals surface area contributed by atoms with Crippen molar-refractivity contribution >= 4 is 11.6 Å². The highest BCUT2D eigenvalue weighted by atomic mass is 35.5. The number of nitrogens with zero attached hydrogens (tertiary/aromatic N) is 3. The largest absolute Gasteiger partial charge is 0.433 e. The third kappa shape index (κ3) is 4.70. The fourth-order valence-corrected chi connectivity index (χ4v) is 1.97. The molecular weight excluding hydrogens is 290 g/mol. The van der Waals surface area contributed by atoms with Gasteiger partial charge in [-0.1, -0.05) is 34.9 Å². The Morgan fingerprint density at radius 3 is 2.80 bits per heavy atom. The molecule has 0 fully saturated rings. The maximum Gasteiger partial charge on any atom is 0.387 e. The second-order valence-electron chi connectivity index (χ2n) is 3.96. The third-order valence-electron chi connectivity index (χ3n) is 2.42. The van der Waals surface area contributed by atoms with Gasteiger partial charge in [0.2, 0.25) is 0 Å². The summed E-state index contributed by atoms with van der Waals surface area (Å²) in [6.07, 6.45) is 0.403. The van der Waals surface area contributed by atoms with E-state index in [-0.39, 0.29) is 23.9 Å². The summed E-state index contributed by atoms with van der Waals surface area (Å²) in [7, 11) is 0. The zero-order chi connectivity index (χ0) is 15.1. The number of benzene rings is 1. The van der Waals surface area contributed by atoms with E-state index in [1.807, 2.05) is 0 Å². The van der Waals surface area contributed by atoms with Crippen LogP contribution in [0.15, 0.2) is 29.4 Å². The molecule has 0 radical (unpaired) electrons. The molecule has 0 aliphatic heterocycles. The summed E-state index contributed by atoms with van der Waals surface area (Å²) in [5.74, 6) is -0.117. The van der Waals surface area contributed by atoms with Crippen molar-refractivity contribution in [1.29, 1.82) is 0 Å². The van der Waals surface area contributed by atoms with Gasteiger partial charge < -0.3 is 10.5 Å². The van der Waals surface area contributed by atoms with Gasteiger partial charge in [0.25, 0.3) is 0 Å². The number of alkyl halides is 2. The molecule has 0 aliphatic carbocycles. The van der Waals surface area contributed by atoms with Gasteiger partial charge >= 0.3 is 6.61 Å². The number of nitrogens with two attached hydrogens (primary N) is 1. The van der Waals surface area contributed by atoms with Crippen LogP contribution < -0.4 is 10.5 Å². The highest BCUT2D eigenvalue weighted by Gasteiger charge is 2.14. The molecule has 1 rings (SSSR count). The predicted molar refractivity (Wildman–Crippen MR) is 72.8 cm³/mol. The molecule has 0 saturated heterocycles. The fourth-order valence-electron chi connectivity index (χ4n) is 1.66. The average molecular weight is 303 g/mol. The molecule has 0 unspecified atom stereocenters. The first-order valence-corrected chi connectivity index (χ1v) is 5.99. The molecule has 0 aliphatic rings. The Balaban J connectivity index is 2.98. The van der Waals surface area contributed by atoms with Crippen molar-refractivity contribution in [1.82, 2.24) is 0 Å². The van der Waals surface area contributed by atoms with Gasteiger partial charge in [-0.3, -0.25) is 0 Å². The predicted octanol–water partition coefficient (Wildman–Crippen LogP) is 3.81. The smallest absolute Gasteiger partial charge is 0.387 e. The summed E-state index contributed by atoms with van der Waals surface area (Å²) in [4.78, 5) is 2.63. The summed E-state index contributed by atoms with van der Waals surface area (Å²) in [5, 5.41) is 3.44. The summed E-state index contributed by atoms with van der Waals surface area (Å²) in [6.45, 7) is 0.951. The maximum absolute atomic E-state index is 12.3. The lowest BCUT2D eigenvalue weighted by molar-refractivity contribution is -0.0503. The summed E-state index contributed by atoms with van der Waals surface area (Å²) in [6, 6.07) is 3.12. The molecule has 5 nitrogen and oxygen atoms in total. The van der Waals surface area contributed by atoms with E-state index in [1.165, 1.54) is 6.07 Å².